The topological polar surface area (TPSA) is 95.1 Å². The lowest BCUT2D eigenvalue weighted by Crippen LogP contribution is -2.41. The Hall–Kier alpha value is -4.20. The maximum atomic E-state index is 12.5. The van der Waals surface area contributed by atoms with E-state index in [1.165, 1.54) is 7.11 Å². The molecule has 178 valence electrons. The predicted molar refractivity (Wildman–Crippen MR) is 126 cm³/mol. The lowest BCUT2D eigenvalue weighted by Gasteiger charge is -2.21. The minimum atomic E-state index is -0.934. The molecule has 0 fully saturated rings. The molecule has 2 amide bonds. The first-order valence-corrected chi connectivity index (χ1v) is 10.8. The molecule has 3 aromatic rings. The molecule has 0 heterocycles. The van der Waals surface area contributed by atoms with Crippen LogP contribution in [0.3, 0.4) is 0 Å². The molecule has 3 aromatic carbocycles. The third-order valence-electron chi connectivity index (χ3n) is 4.77. The van der Waals surface area contributed by atoms with E-state index in [2.05, 4.69) is 10.6 Å². The second kappa shape index (κ2) is 12.7. The number of ether oxygens (including phenoxy) is 4. The molecule has 2 N–H and O–H groups in total. The van der Waals surface area contributed by atoms with Crippen LogP contribution in [0.25, 0.3) is 0 Å². The molecule has 0 saturated carbocycles. The van der Waals surface area contributed by atoms with Crippen LogP contribution in [0.2, 0.25) is 0 Å². The zero-order chi connectivity index (χ0) is 24.2. The van der Waals surface area contributed by atoms with Gasteiger partial charge in [-0.25, -0.2) is 9.59 Å². The molecule has 0 aliphatic carbocycles. The summed E-state index contributed by atoms with van der Waals surface area (Å²) in [6, 6.07) is 23.7. The number of rotatable bonds is 10. The lowest BCUT2D eigenvalue weighted by atomic mass is 10.1. The number of carbonyl (C=O) groups is 2. The fourth-order valence-corrected chi connectivity index (χ4v) is 3.11. The molecule has 0 spiro atoms. The van der Waals surface area contributed by atoms with Crippen LogP contribution in [0.15, 0.2) is 78.9 Å². The monoisotopic (exact) mass is 464 g/mol. The Balaban J connectivity index is 1.70. The van der Waals surface area contributed by atoms with Crippen molar-refractivity contribution in [1.29, 1.82) is 0 Å². The van der Waals surface area contributed by atoms with Crippen LogP contribution in [0, 0.1) is 0 Å². The lowest BCUT2D eigenvalue weighted by molar-refractivity contribution is 0.122. The quantitative estimate of drug-likeness (QED) is 0.413. The Morgan fingerprint density at radius 1 is 0.765 bits per heavy atom. The van der Waals surface area contributed by atoms with Gasteiger partial charge in [0.1, 0.15) is 19.4 Å². The highest BCUT2D eigenvalue weighted by atomic mass is 16.6. The summed E-state index contributed by atoms with van der Waals surface area (Å²) in [4.78, 5) is 25.0. The van der Waals surface area contributed by atoms with Gasteiger partial charge in [-0.05, 0) is 35.7 Å². The molecule has 0 aliphatic heterocycles. The minimum absolute atomic E-state index is 0.0877. The highest BCUT2D eigenvalue weighted by Gasteiger charge is 2.21. The number of benzene rings is 3. The van der Waals surface area contributed by atoms with Gasteiger partial charge in [-0.1, -0.05) is 66.7 Å². The van der Waals surface area contributed by atoms with Crippen molar-refractivity contribution in [3.05, 3.63) is 95.6 Å². The van der Waals surface area contributed by atoms with E-state index in [1.54, 1.807) is 18.2 Å². The first kappa shape index (κ1) is 24.4. The van der Waals surface area contributed by atoms with Crippen LogP contribution in [0.4, 0.5) is 9.59 Å². The number of hydrogen-bond donors (Lipinski definition) is 2. The number of methoxy groups -OCH3 is 1. The Morgan fingerprint density at radius 2 is 1.29 bits per heavy atom. The van der Waals surface area contributed by atoms with E-state index in [9.17, 15) is 9.59 Å². The van der Waals surface area contributed by atoms with Gasteiger partial charge in [-0.3, -0.25) is 10.6 Å². The molecular weight excluding hydrogens is 436 g/mol. The van der Waals surface area contributed by atoms with Crippen LogP contribution in [-0.2, 0) is 22.7 Å². The van der Waals surface area contributed by atoms with Gasteiger partial charge in [-0.15, -0.1) is 0 Å². The number of nitrogens with one attached hydrogen (secondary N) is 2. The summed E-state index contributed by atoms with van der Waals surface area (Å²) in [6.45, 7) is 2.51. The summed E-state index contributed by atoms with van der Waals surface area (Å²) in [5.41, 5.74) is 2.23. The molecule has 0 aromatic heterocycles. The van der Waals surface area contributed by atoms with Crippen LogP contribution < -0.4 is 20.1 Å². The van der Waals surface area contributed by atoms with Crippen LogP contribution in [0.5, 0.6) is 11.5 Å². The van der Waals surface area contributed by atoms with Gasteiger partial charge in [0.05, 0.1) is 13.7 Å². The minimum Gasteiger partial charge on any atom is -0.493 e. The summed E-state index contributed by atoms with van der Waals surface area (Å²) in [5.74, 6) is 1.01. The molecular formula is C26H28N2O6. The second-order valence-electron chi connectivity index (χ2n) is 7.19. The van der Waals surface area contributed by atoms with Gasteiger partial charge >= 0.3 is 12.2 Å². The third-order valence-corrected chi connectivity index (χ3v) is 4.77. The van der Waals surface area contributed by atoms with Crippen LogP contribution >= 0.6 is 0 Å². The van der Waals surface area contributed by atoms with Gasteiger partial charge < -0.3 is 18.9 Å². The van der Waals surface area contributed by atoms with Gasteiger partial charge in [0, 0.05) is 0 Å². The first-order valence-electron chi connectivity index (χ1n) is 10.8. The summed E-state index contributed by atoms with van der Waals surface area (Å²) >= 11 is 0. The number of alkyl carbamates (subject to hydrolysis) is 2. The Kier molecular flexibility index (Phi) is 9.16. The van der Waals surface area contributed by atoms with Gasteiger partial charge in [-0.2, -0.15) is 0 Å². The standard InChI is InChI=1S/C26H28N2O6/c1-3-32-22-15-14-21(16-23(22)31-2)24(27-25(29)33-17-19-10-6-4-7-11-19)28-26(30)34-18-20-12-8-5-9-13-20/h4-16,24H,3,17-18H2,1-2H3,(H,27,29)(H,28,30). The van der Waals surface area contributed by atoms with Crippen molar-refractivity contribution in [2.45, 2.75) is 26.3 Å². The first-order chi connectivity index (χ1) is 16.6. The Labute approximate surface area is 198 Å². The van der Waals surface area contributed by atoms with Crippen molar-refractivity contribution >= 4 is 12.2 Å². The van der Waals surface area contributed by atoms with E-state index >= 15 is 0 Å². The smallest absolute Gasteiger partial charge is 0.409 e. The average molecular weight is 465 g/mol. The molecule has 8 nitrogen and oxygen atoms in total. The maximum Gasteiger partial charge on any atom is 0.409 e. The van der Waals surface area contributed by atoms with E-state index in [0.717, 1.165) is 11.1 Å². The second-order valence-corrected chi connectivity index (χ2v) is 7.19. The summed E-state index contributed by atoms with van der Waals surface area (Å²) in [6.07, 6.45) is -2.34. The van der Waals surface area contributed by atoms with Crippen molar-refractivity contribution in [1.82, 2.24) is 10.6 Å². The SMILES string of the molecule is CCOc1ccc(C(NC(=O)OCc2ccccc2)NC(=O)OCc2ccccc2)cc1OC. The van der Waals surface area contributed by atoms with Crippen LogP contribution in [0.1, 0.15) is 29.8 Å². The van der Waals surface area contributed by atoms with Crippen LogP contribution in [-0.4, -0.2) is 25.9 Å². The van der Waals surface area contributed by atoms with E-state index in [4.69, 9.17) is 18.9 Å². The van der Waals surface area contributed by atoms with E-state index < -0.39 is 18.4 Å². The van der Waals surface area contributed by atoms with Crippen molar-refractivity contribution in [2.24, 2.45) is 0 Å². The highest BCUT2D eigenvalue weighted by Crippen LogP contribution is 2.30. The molecule has 0 bridgehead atoms. The van der Waals surface area contributed by atoms with Crippen molar-refractivity contribution in [3.63, 3.8) is 0 Å². The molecule has 0 radical (unpaired) electrons. The largest absolute Gasteiger partial charge is 0.493 e. The fraction of sp³-hybridized carbons (Fsp3) is 0.231. The Morgan fingerprint density at radius 3 is 1.76 bits per heavy atom. The molecule has 0 aliphatic rings. The average Bonchev–Trinajstić information content (AvgIpc) is 2.87. The number of carbonyl (C=O) groups excluding carboxylic acids is 2. The van der Waals surface area contributed by atoms with E-state index in [-0.39, 0.29) is 13.2 Å². The third kappa shape index (κ3) is 7.44. The normalized spacial score (nSPS) is 10.3. The van der Waals surface area contributed by atoms with Gasteiger partial charge in [0.15, 0.2) is 11.5 Å². The summed E-state index contributed by atoms with van der Waals surface area (Å²) in [5, 5.41) is 5.33. The highest BCUT2D eigenvalue weighted by molar-refractivity contribution is 5.71. The fourth-order valence-electron chi connectivity index (χ4n) is 3.11. The summed E-state index contributed by atoms with van der Waals surface area (Å²) in [7, 11) is 1.51. The molecule has 0 saturated heterocycles. The van der Waals surface area contributed by atoms with Crippen molar-refractivity contribution < 1.29 is 28.5 Å². The molecule has 34 heavy (non-hydrogen) atoms. The number of amides is 2. The number of hydrogen-bond acceptors (Lipinski definition) is 6. The molecule has 0 atom stereocenters. The maximum absolute atomic E-state index is 12.5. The molecule has 0 unspecified atom stereocenters. The van der Waals surface area contributed by atoms with E-state index in [0.29, 0.717) is 23.7 Å². The predicted octanol–water partition coefficient (Wildman–Crippen LogP) is 4.95. The molecule has 3 rings (SSSR count). The zero-order valence-electron chi connectivity index (χ0n) is 19.2. The van der Waals surface area contributed by atoms with E-state index in [1.807, 2.05) is 67.6 Å². The van der Waals surface area contributed by atoms with Crippen molar-refractivity contribution in [2.75, 3.05) is 13.7 Å². The zero-order valence-corrected chi connectivity index (χ0v) is 19.2. The van der Waals surface area contributed by atoms with Crippen molar-refractivity contribution in [3.8, 4) is 11.5 Å². The Bertz CT molecular complexity index is 1000. The van der Waals surface area contributed by atoms with Gasteiger partial charge in [0.2, 0.25) is 0 Å². The molecule has 8 heteroatoms. The van der Waals surface area contributed by atoms with Gasteiger partial charge in [0.25, 0.3) is 0 Å². The summed E-state index contributed by atoms with van der Waals surface area (Å²) < 4.78 is 21.6.